The third kappa shape index (κ3) is 6.14. The Morgan fingerprint density at radius 2 is 2.14 bits per heavy atom. The van der Waals surface area contributed by atoms with Gasteiger partial charge in [0.15, 0.2) is 28.0 Å². The van der Waals surface area contributed by atoms with Crippen molar-refractivity contribution < 1.29 is 23.7 Å². The van der Waals surface area contributed by atoms with Crippen molar-refractivity contribution in [2.75, 3.05) is 19.0 Å². The summed E-state index contributed by atoms with van der Waals surface area (Å²) in [7, 11) is 0. The number of aliphatic hydroxyl groups is 2. The van der Waals surface area contributed by atoms with E-state index in [4.69, 9.17) is 15.6 Å². The van der Waals surface area contributed by atoms with E-state index in [2.05, 4.69) is 27.2 Å². The lowest BCUT2D eigenvalue weighted by molar-refractivity contribution is -0.0402. The van der Waals surface area contributed by atoms with Gasteiger partial charge in [-0.05, 0) is 37.0 Å². The first-order valence-electron chi connectivity index (χ1n) is 12.5. The standard InChI is InChI=1S/C25H34F2N6O3S/c1-4-9-37-25(28)30-24(29-19-11-16(19)15-5-6-17(26)18(27)10-15)22-14(3)33(32-31-22)20-12-21(36-8-7-34)23(35)13(20)2/h5-6,10,13,16,19-21,23,29,34-35H,3-4,7-9,11-12H2,1-2H3,(H2,28,30)/b24-22+/t13-,16-,19+,20+,21-,23-/m0/s1. The van der Waals surface area contributed by atoms with Gasteiger partial charge >= 0.3 is 0 Å². The van der Waals surface area contributed by atoms with Gasteiger partial charge in [-0.3, -0.25) is 0 Å². The molecule has 0 bridgehead atoms. The second kappa shape index (κ2) is 11.9. The topological polar surface area (TPSA) is 131 Å². The van der Waals surface area contributed by atoms with Crippen LogP contribution in [0.15, 0.2) is 23.2 Å². The van der Waals surface area contributed by atoms with E-state index in [0.717, 1.165) is 18.2 Å². The van der Waals surface area contributed by atoms with E-state index >= 15 is 0 Å². The number of benzene rings is 1. The molecule has 2 fully saturated rings. The number of hydrogen-bond acceptors (Lipinski definition) is 8. The highest BCUT2D eigenvalue weighted by atomic mass is 32.2. The van der Waals surface area contributed by atoms with Gasteiger partial charge in [0, 0.05) is 23.6 Å². The molecule has 202 valence electrons. The van der Waals surface area contributed by atoms with Crippen LogP contribution in [0.2, 0.25) is 0 Å². The van der Waals surface area contributed by atoms with Crippen LogP contribution in [0.5, 0.6) is 0 Å². The van der Waals surface area contributed by atoms with Crippen LogP contribution >= 0.6 is 11.8 Å². The number of hydrogen-bond donors (Lipinski definition) is 4. The minimum Gasteiger partial charge on any atom is -0.394 e. The van der Waals surface area contributed by atoms with E-state index in [9.17, 15) is 13.9 Å². The Hall–Kier alpha value is -2.54. The zero-order valence-corrected chi connectivity index (χ0v) is 21.8. The Morgan fingerprint density at radius 1 is 1.35 bits per heavy atom. The number of halogens is 2. The van der Waals surface area contributed by atoms with Crippen molar-refractivity contribution in [3.05, 3.63) is 46.1 Å². The minimum atomic E-state index is -0.875. The molecule has 12 heteroatoms. The molecule has 1 aromatic heterocycles. The van der Waals surface area contributed by atoms with Crippen LogP contribution in [0.3, 0.4) is 0 Å². The van der Waals surface area contributed by atoms with Gasteiger partial charge in [0.2, 0.25) is 0 Å². The smallest absolute Gasteiger partial charge is 0.160 e. The van der Waals surface area contributed by atoms with E-state index < -0.39 is 23.8 Å². The van der Waals surface area contributed by atoms with Crippen LogP contribution in [0.1, 0.15) is 50.6 Å². The fourth-order valence-corrected chi connectivity index (χ4v) is 5.33. The van der Waals surface area contributed by atoms with Crippen molar-refractivity contribution in [1.29, 1.82) is 0 Å². The molecule has 9 nitrogen and oxygen atoms in total. The Bertz CT molecular complexity index is 1240. The molecule has 6 atom stereocenters. The SMILES string of the molecule is C=c1/c(=C(\N=C(N)SCCC)N[C@@H]2C[C@H]2c2ccc(F)c(F)c2)nnn1[C@@H]1C[C@H](OCCO)[C@@H](O)[C@H]1C. The molecular weight excluding hydrogens is 502 g/mol. The Kier molecular flexibility index (Phi) is 8.83. The molecule has 37 heavy (non-hydrogen) atoms. The van der Waals surface area contributed by atoms with Crippen LogP contribution in [-0.4, -0.2) is 67.6 Å². The van der Waals surface area contributed by atoms with Crippen LogP contribution in [0, 0.1) is 17.6 Å². The van der Waals surface area contributed by atoms with Crippen molar-refractivity contribution >= 4 is 29.3 Å². The molecule has 0 saturated heterocycles. The molecule has 2 aliphatic carbocycles. The lowest BCUT2D eigenvalue weighted by atomic mass is 10.0. The van der Waals surface area contributed by atoms with Gasteiger partial charge in [-0.15, -0.1) is 5.10 Å². The molecule has 0 amide bonds. The van der Waals surface area contributed by atoms with Crippen molar-refractivity contribution in [1.82, 2.24) is 20.3 Å². The second-order valence-corrected chi connectivity index (χ2v) is 10.6. The largest absolute Gasteiger partial charge is 0.394 e. The number of aromatic nitrogens is 3. The number of thioether (sulfide) groups is 1. The maximum atomic E-state index is 13.8. The second-order valence-electron chi connectivity index (χ2n) is 9.53. The third-order valence-electron chi connectivity index (χ3n) is 6.91. The fraction of sp³-hybridized carbons (Fsp3) is 0.560. The Balaban J connectivity index is 1.63. The Morgan fingerprint density at radius 3 is 2.84 bits per heavy atom. The molecule has 0 radical (unpaired) electrons. The number of nitrogens with one attached hydrogen (secondary N) is 1. The summed E-state index contributed by atoms with van der Waals surface area (Å²) in [6, 6.07) is 3.67. The third-order valence-corrected chi connectivity index (χ3v) is 7.91. The first-order chi connectivity index (χ1) is 17.7. The molecule has 0 aliphatic heterocycles. The minimum absolute atomic E-state index is 0.0115. The maximum Gasteiger partial charge on any atom is 0.160 e. The highest BCUT2D eigenvalue weighted by Gasteiger charge is 2.42. The van der Waals surface area contributed by atoms with Gasteiger partial charge in [0.1, 0.15) is 0 Å². The summed E-state index contributed by atoms with van der Waals surface area (Å²) >= 11 is 1.42. The number of amidine groups is 1. The zero-order valence-electron chi connectivity index (χ0n) is 21.0. The molecule has 4 rings (SSSR count). The summed E-state index contributed by atoms with van der Waals surface area (Å²) in [6.07, 6.45) is 0.996. The number of ether oxygens (including phenoxy) is 1. The average Bonchev–Trinajstić information content (AvgIpc) is 3.46. The summed E-state index contributed by atoms with van der Waals surface area (Å²) in [5, 5.41) is 33.1. The van der Waals surface area contributed by atoms with Gasteiger partial charge in [-0.2, -0.15) is 0 Å². The molecule has 1 heterocycles. The zero-order chi connectivity index (χ0) is 26.7. The van der Waals surface area contributed by atoms with Crippen LogP contribution < -0.4 is 21.7 Å². The summed E-state index contributed by atoms with van der Waals surface area (Å²) in [6.45, 7) is 8.18. The molecule has 2 saturated carbocycles. The monoisotopic (exact) mass is 536 g/mol. The van der Waals surface area contributed by atoms with Crippen LogP contribution in [0.25, 0.3) is 12.4 Å². The number of nitrogens with two attached hydrogens (primary N) is 1. The van der Waals surface area contributed by atoms with Gasteiger partial charge in [-0.1, -0.05) is 43.5 Å². The van der Waals surface area contributed by atoms with Gasteiger partial charge in [0.25, 0.3) is 0 Å². The van der Waals surface area contributed by atoms with E-state index in [0.29, 0.717) is 40.1 Å². The molecule has 2 aliphatic rings. The van der Waals surface area contributed by atoms with E-state index in [-0.39, 0.29) is 37.1 Å². The molecule has 0 unspecified atom stereocenters. The quantitative estimate of drug-likeness (QED) is 0.261. The molecule has 5 N–H and O–H groups in total. The molecule has 0 spiro atoms. The molecular formula is C25H34F2N6O3S. The van der Waals surface area contributed by atoms with Crippen LogP contribution in [-0.2, 0) is 4.74 Å². The van der Waals surface area contributed by atoms with Gasteiger partial charge in [-0.25, -0.2) is 18.5 Å². The first kappa shape index (κ1) is 27.5. The average molecular weight is 537 g/mol. The summed E-state index contributed by atoms with van der Waals surface area (Å²) in [5.74, 6) is -0.720. The highest BCUT2D eigenvalue weighted by molar-refractivity contribution is 8.13. The normalized spacial score (nSPS) is 28.4. The lowest BCUT2D eigenvalue weighted by Gasteiger charge is -2.18. The number of aliphatic hydroxyl groups excluding tert-OH is 2. The lowest BCUT2D eigenvalue weighted by Crippen LogP contribution is -2.37. The first-order valence-corrected chi connectivity index (χ1v) is 13.5. The number of rotatable bonds is 10. The Labute approximate surface area is 218 Å². The van der Waals surface area contributed by atoms with Crippen molar-refractivity contribution in [2.45, 2.75) is 63.3 Å². The van der Waals surface area contributed by atoms with Crippen molar-refractivity contribution in [2.24, 2.45) is 16.6 Å². The van der Waals surface area contributed by atoms with E-state index in [1.54, 1.807) is 10.7 Å². The summed E-state index contributed by atoms with van der Waals surface area (Å²) in [5.41, 5.74) is 6.88. The summed E-state index contributed by atoms with van der Waals surface area (Å²) < 4.78 is 34.4. The fourth-order valence-electron chi connectivity index (χ4n) is 4.76. The molecule has 2 aromatic rings. The predicted octanol–water partition coefficient (Wildman–Crippen LogP) is 0.955. The molecule has 1 aromatic carbocycles. The van der Waals surface area contributed by atoms with E-state index in [1.807, 2.05) is 13.8 Å². The van der Waals surface area contributed by atoms with Gasteiger partial charge in [0.05, 0.1) is 36.8 Å². The van der Waals surface area contributed by atoms with Crippen molar-refractivity contribution in [3.8, 4) is 0 Å². The predicted molar refractivity (Wildman–Crippen MR) is 139 cm³/mol. The van der Waals surface area contributed by atoms with Crippen LogP contribution in [0.4, 0.5) is 8.78 Å². The van der Waals surface area contributed by atoms with E-state index in [1.165, 1.54) is 17.8 Å². The number of aliphatic imine (C=N–C) groups is 1. The van der Waals surface area contributed by atoms with Crippen molar-refractivity contribution in [3.63, 3.8) is 0 Å². The van der Waals surface area contributed by atoms with Gasteiger partial charge < -0.3 is 26.0 Å². The summed E-state index contributed by atoms with van der Waals surface area (Å²) in [4.78, 5) is 4.59. The maximum absolute atomic E-state index is 13.8. The highest BCUT2D eigenvalue weighted by Crippen LogP contribution is 2.42. The number of nitrogens with zero attached hydrogens (tertiary/aromatic N) is 4.